The molecule has 1 rings (SSSR count). The molecule has 1 aromatic carbocycles. The lowest BCUT2D eigenvalue weighted by atomic mass is 10.0. The maximum Gasteiger partial charge on any atom is 0.337 e. The van der Waals surface area contributed by atoms with E-state index >= 15 is 0 Å². The van der Waals surface area contributed by atoms with E-state index in [1.165, 1.54) is 7.11 Å². The lowest BCUT2D eigenvalue weighted by molar-refractivity contribution is -0.107. The van der Waals surface area contributed by atoms with Crippen LogP contribution in [0.3, 0.4) is 0 Å². The summed E-state index contributed by atoms with van der Waals surface area (Å²) in [7, 11) is 1.34. The summed E-state index contributed by atoms with van der Waals surface area (Å²) in [6.07, 6.45) is 1.87. The second-order valence-electron chi connectivity index (χ2n) is 3.31. The molecule has 0 aliphatic rings. The normalized spacial score (nSPS) is 9.88. The highest BCUT2D eigenvalue weighted by atomic mass is 35.5. The molecule has 1 aromatic rings. The first-order chi connectivity index (χ1) is 7.72. The number of rotatable bonds is 5. The third-order valence-electron chi connectivity index (χ3n) is 2.30. The number of carbonyl (C=O) groups excluding carboxylic acids is 2. The van der Waals surface area contributed by atoms with Crippen molar-refractivity contribution in [1.82, 2.24) is 0 Å². The molecular weight excluding hydrogens is 228 g/mol. The highest BCUT2D eigenvalue weighted by Gasteiger charge is 2.09. The molecule has 4 heteroatoms. The second kappa shape index (κ2) is 6.28. The molecule has 0 amide bonds. The van der Waals surface area contributed by atoms with Crippen molar-refractivity contribution in [2.45, 2.75) is 18.7 Å². The Bertz CT molecular complexity index is 388. The highest BCUT2D eigenvalue weighted by Crippen LogP contribution is 2.16. The van der Waals surface area contributed by atoms with Gasteiger partial charge in [-0.25, -0.2) is 4.79 Å². The maximum absolute atomic E-state index is 11.3. The SMILES string of the molecule is COC(=O)c1ccc(CCl)c(CCC=O)c1. The van der Waals surface area contributed by atoms with Crippen LogP contribution in [-0.2, 0) is 21.8 Å². The second-order valence-corrected chi connectivity index (χ2v) is 3.58. The Morgan fingerprint density at radius 2 is 2.19 bits per heavy atom. The number of alkyl halides is 1. The van der Waals surface area contributed by atoms with Crippen LogP contribution in [0.2, 0.25) is 0 Å². The Hall–Kier alpha value is -1.35. The van der Waals surface area contributed by atoms with Crippen LogP contribution in [0.15, 0.2) is 18.2 Å². The molecule has 0 aliphatic heterocycles. The number of carbonyl (C=O) groups is 2. The molecule has 3 nitrogen and oxygen atoms in total. The van der Waals surface area contributed by atoms with Gasteiger partial charge in [-0.2, -0.15) is 0 Å². The third kappa shape index (κ3) is 3.07. The van der Waals surface area contributed by atoms with E-state index in [1.807, 2.05) is 0 Å². The van der Waals surface area contributed by atoms with Crippen LogP contribution in [0.25, 0.3) is 0 Å². The smallest absolute Gasteiger partial charge is 0.337 e. The van der Waals surface area contributed by atoms with E-state index in [0.29, 0.717) is 24.3 Å². The van der Waals surface area contributed by atoms with Gasteiger partial charge in [-0.3, -0.25) is 0 Å². The fourth-order valence-electron chi connectivity index (χ4n) is 1.45. The van der Waals surface area contributed by atoms with Crippen LogP contribution in [0, 0.1) is 0 Å². The van der Waals surface area contributed by atoms with Crippen LogP contribution in [0.1, 0.15) is 27.9 Å². The molecule has 0 heterocycles. The zero-order valence-corrected chi connectivity index (χ0v) is 9.79. The van der Waals surface area contributed by atoms with Crippen LogP contribution in [0.4, 0.5) is 0 Å². The zero-order valence-electron chi connectivity index (χ0n) is 9.03. The van der Waals surface area contributed by atoms with Gasteiger partial charge >= 0.3 is 5.97 Å². The molecule has 0 N–H and O–H groups in total. The van der Waals surface area contributed by atoms with Crippen LogP contribution in [0.5, 0.6) is 0 Å². The number of methoxy groups -OCH3 is 1. The summed E-state index contributed by atoms with van der Waals surface area (Å²) >= 11 is 5.77. The largest absolute Gasteiger partial charge is 0.465 e. The van der Waals surface area contributed by atoms with Gasteiger partial charge in [-0.15, -0.1) is 11.6 Å². The van der Waals surface area contributed by atoms with E-state index in [0.717, 1.165) is 17.4 Å². The van der Waals surface area contributed by atoms with Crippen LogP contribution in [-0.4, -0.2) is 19.4 Å². The first-order valence-electron chi connectivity index (χ1n) is 4.92. The fraction of sp³-hybridized carbons (Fsp3) is 0.333. The summed E-state index contributed by atoms with van der Waals surface area (Å²) in [5.41, 5.74) is 2.35. The average molecular weight is 241 g/mol. The van der Waals surface area contributed by atoms with Crippen molar-refractivity contribution in [2.75, 3.05) is 7.11 Å². The highest BCUT2D eigenvalue weighted by molar-refractivity contribution is 6.17. The number of hydrogen-bond acceptors (Lipinski definition) is 3. The fourth-order valence-corrected chi connectivity index (χ4v) is 1.71. The Morgan fingerprint density at radius 1 is 1.44 bits per heavy atom. The third-order valence-corrected chi connectivity index (χ3v) is 2.59. The number of aldehydes is 1. The molecule has 0 saturated heterocycles. The average Bonchev–Trinajstić information content (AvgIpc) is 2.34. The Kier molecular flexibility index (Phi) is 4.99. The summed E-state index contributed by atoms with van der Waals surface area (Å²) in [4.78, 5) is 21.6. The van der Waals surface area contributed by atoms with E-state index < -0.39 is 0 Å². The van der Waals surface area contributed by atoms with E-state index in [-0.39, 0.29) is 5.97 Å². The van der Waals surface area contributed by atoms with E-state index in [2.05, 4.69) is 4.74 Å². The van der Waals surface area contributed by atoms with Crippen molar-refractivity contribution in [2.24, 2.45) is 0 Å². The molecule has 0 aliphatic carbocycles. The molecule has 0 fully saturated rings. The van der Waals surface area contributed by atoms with Gasteiger partial charge in [0.05, 0.1) is 12.7 Å². The molecule has 0 saturated carbocycles. The predicted molar refractivity (Wildman–Crippen MR) is 61.7 cm³/mol. The quantitative estimate of drug-likeness (QED) is 0.451. The van der Waals surface area contributed by atoms with Gasteiger partial charge in [0.2, 0.25) is 0 Å². The van der Waals surface area contributed by atoms with Gasteiger partial charge in [0, 0.05) is 12.3 Å². The first kappa shape index (κ1) is 12.7. The summed E-state index contributed by atoms with van der Waals surface area (Å²) in [5, 5.41) is 0. The molecule has 0 radical (unpaired) electrons. The van der Waals surface area contributed by atoms with Gasteiger partial charge < -0.3 is 9.53 Å². The van der Waals surface area contributed by atoms with E-state index in [9.17, 15) is 9.59 Å². The van der Waals surface area contributed by atoms with E-state index in [1.54, 1.807) is 18.2 Å². The summed E-state index contributed by atoms with van der Waals surface area (Å²) in [5.74, 6) is -0.0104. The minimum absolute atomic E-state index is 0.371. The van der Waals surface area contributed by atoms with Crippen molar-refractivity contribution in [1.29, 1.82) is 0 Å². The number of hydrogen-bond donors (Lipinski definition) is 0. The molecular formula is C12H13ClO3. The minimum atomic E-state index is -0.381. The molecule has 0 aromatic heterocycles. The zero-order chi connectivity index (χ0) is 12.0. The molecule has 0 unspecified atom stereocenters. The van der Waals surface area contributed by atoms with Gasteiger partial charge in [0.25, 0.3) is 0 Å². The Labute approximate surface area is 99.4 Å². The lowest BCUT2D eigenvalue weighted by Gasteiger charge is -2.07. The van der Waals surface area contributed by atoms with Crippen molar-refractivity contribution >= 4 is 23.9 Å². The number of ether oxygens (including phenoxy) is 1. The standard InChI is InChI=1S/C12H13ClO3/c1-16-12(15)10-4-5-11(8-13)9(7-10)3-2-6-14/h4-7H,2-3,8H2,1H3. The van der Waals surface area contributed by atoms with Gasteiger partial charge in [-0.1, -0.05) is 6.07 Å². The number of benzene rings is 1. The van der Waals surface area contributed by atoms with Crippen molar-refractivity contribution in [3.05, 3.63) is 34.9 Å². The molecule has 0 bridgehead atoms. The summed E-state index contributed by atoms with van der Waals surface area (Å²) in [6.45, 7) is 0. The Balaban J connectivity index is 3.00. The lowest BCUT2D eigenvalue weighted by Crippen LogP contribution is -2.03. The number of halogens is 1. The number of esters is 1. The van der Waals surface area contributed by atoms with Gasteiger partial charge in [0.15, 0.2) is 0 Å². The Morgan fingerprint density at radius 3 is 2.75 bits per heavy atom. The molecule has 86 valence electrons. The summed E-state index contributed by atoms with van der Waals surface area (Å²) in [6, 6.07) is 5.19. The van der Waals surface area contributed by atoms with Gasteiger partial charge in [0.1, 0.15) is 6.29 Å². The van der Waals surface area contributed by atoms with Crippen LogP contribution >= 0.6 is 11.6 Å². The monoisotopic (exact) mass is 240 g/mol. The molecule has 0 spiro atoms. The van der Waals surface area contributed by atoms with E-state index in [4.69, 9.17) is 11.6 Å². The van der Waals surface area contributed by atoms with Gasteiger partial charge in [-0.05, 0) is 29.7 Å². The maximum atomic E-state index is 11.3. The van der Waals surface area contributed by atoms with Crippen molar-refractivity contribution in [3.8, 4) is 0 Å². The summed E-state index contributed by atoms with van der Waals surface area (Å²) < 4.78 is 4.63. The van der Waals surface area contributed by atoms with Crippen LogP contribution < -0.4 is 0 Å². The van der Waals surface area contributed by atoms with Crippen molar-refractivity contribution in [3.63, 3.8) is 0 Å². The topological polar surface area (TPSA) is 43.4 Å². The number of aryl methyl sites for hydroxylation is 1. The first-order valence-corrected chi connectivity index (χ1v) is 5.46. The molecule has 0 atom stereocenters. The predicted octanol–water partition coefficient (Wildman–Crippen LogP) is 2.34. The molecule has 16 heavy (non-hydrogen) atoms. The minimum Gasteiger partial charge on any atom is -0.465 e. The van der Waals surface area contributed by atoms with Crippen molar-refractivity contribution < 1.29 is 14.3 Å².